The van der Waals surface area contributed by atoms with Crippen LogP contribution in [0.1, 0.15) is 122 Å². The van der Waals surface area contributed by atoms with Gasteiger partial charge in [0.1, 0.15) is 18.4 Å². The average Bonchev–Trinajstić information content (AvgIpc) is 3.47. The highest BCUT2D eigenvalue weighted by atomic mass is 16.5. The number of aliphatic carboxylic acids is 1. The lowest BCUT2D eigenvalue weighted by atomic mass is 10.0. The first kappa shape index (κ1) is 35.1. The molecular formula is C32H51N3O7. The summed E-state index contributed by atoms with van der Waals surface area (Å²) >= 11 is 0. The van der Waals surface area contributed by atoms with E-state index in [2.05, 4.69) is 17.2 Å². The summed E-state index contributed by atoms with van der Waals surface area (Å²) in [5, 5.41) is 32.8. The van der Waals surface area contributed by atoms with Crippen LogP contribution in [0.2, 0.25) is 0 Å². The minimum atomic E-state index is -1.17. The highest BCUT2D eigenvalue weighted by Gasteiger charge is 2.30. The van der Waals surface area contributed by atoms with Crippen molar-refractivity contribution in [2.24, 2.45) is 4.99 Å². The minimum absolute atomic E-state index is 0.0264. The lowest BCUT2D eigenvalue weighted by Crippen LogP contribution is -2.45. The van der Waals surface area contributed by atoms with Gasteiger partial charge in [0.05, 0.1) is 5.56 Å². The van der Waals surface area contributed by atoms with E-state index in [1.807, 2.05) is 0 Å². The van der Waals surface area contributed by atoms with Gasteiger partial charge in [0.2, 0.25) is 17.7 Å². The van der Waals surface area contributed by atoms with E-state index >= 15 is 0 Å². The number of phenols is 1. The van der Waals surface area contributed by atoms with Crippen molar-refractivity contribution >= 4 is 23.7 Å². The second-order valence-electron chi connectivity index (χ2n) is 11.2. The minimum Gasteiger partial charge on any atom is -0.507 e. The van der Waals surface area contributed by atoms with Gasteiger partial charge in [-0.1, -0.05) is 96.1 Å². The molecule has 0 aliphatic carbocycles. The molecule has 236 valence electrons. The van der Waals surface area contributed by atoms with E-state index in [1.54, 1.807) is 18.2 Å². The molecule has 0 radical (unpaired) electrons. The molecule has 2 amide bonds. The molecule has 4 N–H and O–H groups in total. The van der Waals surface area contributed by atoms with Crippen LogP contribution in [-0.2, 0) is 19.1 Å². The van der Waals surface area contributed by atoms with E-state index in [1.165, 1.54) is 70.3 Å². The molecule has 42 heavy (non-hydrogen) atoms. The summed E-state index contributed by atoms with van der Waals surface area (Å²) in [5.41, 5.74) is 0.361. The summed E-state index contributed by atoms with van der Waals surface area (Å²) < 4.78 is 5.44. The van der Waals surface area contributed by atoms with E-state index in [9.17, 15) is 29.8 Å². The molecule has 0 fully saturated rings. The van der Waals surface area contributed by atoms with E-state index in [0.29, 0.717) is 24.8 Å². The number of carboxylic acid groups (broad SMARTS) is 1. The first-order chi connectivity index (χ1) is 20.3. The molecule has 0 bridgehead atoms. The standard InChI is InChI=1S/C32H51N3O7/c1-2-3-4-5-6-7-8-9-10-11-12-13-14-22-29(37)35(41)23-18-17-20-26(32(39)40)33-30(38)27-24-42-31(34-27)25-19-15-16-21-28(25)36/h15-16,19,21,26-27,36,41H,2-14,17-18,20,22-24H2,1H3,(H,33,38)(H,39,40)/t26-,27-/m0/s1. The molecule has 0 unspecified atom stereocenters. The Bertz CT molecular complexity index is 985. The second-order valence-corrected chi connectivity index (χ2v) is 11.2. The maximum absolute atomic E-state index is 12.6. The first-order valence-corrected chi connectivity index (χ1v) is 15.8. The van der Waals surface area contributed by atoms with Crippen LogP contribution in [-0.4, -0.2) is 69.4 Å². The molecule has 1 aliphatic heterocycles. The van der Waals surface area contributed by atoms with Crippen molar-refractivity contribution in [2.75, 3.05) is 13.2 Å². The number of unbranched alkanes of at least 4 members (excludes halogenated alkanes) is 13. The number of carbonyl (C=O) groups excluding carboxylic acids is 2. The molecule has 0 saturated heterocycles. The number of ether oxygens (including phenoxy) is 1. The van der Waals surface area contributed by atoms with Gasteiger partial charge in [-0.25, -0.2) is 14.9 Å². The Kier molecular flexibility index (Phi) is 17.3. The molecule has 1 aromatic rings. The van der Waals surface area contributed by atoms with Crippen LogP contribution >= 0.6 is 0 Å². The van der Waals surface area contributed by atoms with Crippen LogP contribution in [0, 0.1) is 0 Å². The van der Waals surface area contributed by atoms with Crippen LogP contribution in [0.25, 0.3) is 0 Å². The summed E-state index contributed by atoms with van der Waals surface area (Å²) in [7, 11) is 0. The Morgan fingerprint density at radius 1 is 0.929 bits per heavy atom. The first-order valence-electron chi connectivity index (χ1n) is 15.8. The Morgan fingerprint density at radius 2 is 1.52 bits per heavy atom. The number of carbonyl (C=O) groups is 3. The van der Waals surface area contributed by atoms with Gasteiger partial charge in [-0.05, 0) is 37.8 Å². The van der Waals surface area contributed by atoms with Crippen LogP contribution in [0.15, 0.2) is 29.3 Å². The van der Waals surface area contributed by atoms with Crippen molar-refractivity contribution in [1.82, 2.24) is 10.4 Å². The smallest absolute Gasteiger partial charge is 0.326 e. The number of para-hydroxylation sites is 1. The molecule has 2 rings (SSSR count). The number of hydrogen-bond acceptors (Lipinski definition) is 7. The number of aromatic hydroxyl groups is 1. The number of nitrogens with one attached hydrogen (secondary N) is 1. The van der Waals surface area contributed by atoms with Gasteiger partial charge in [0.25, 0.3) is 0 Å². The number of nitrogens with zero attached hydrogens (tertiary/aromatic N) is 2. The maximum Gasteiger partial charge on any atom is 0.326 e. The molecule has 0 aromatic heterocycles. The molecule has 1 heterocycles. The van der Waals surface area contributed by atoms with Crippen molar-refractivity contribution in [3.05, 3.63) is 29.8 Å². The third kappa shape index (κ3) is 13.7. The lowest BCUT2D eigenvalue weighted by molar-refractivity contribution is -0.165. The zero-order chi connectivity index (χ0) is 30.6. The number of aliphatic imine (C=N–C) groups is 1. The number of hydroxylamine groups is 2. The van der Waals surface area contributed by atoms with Crippen molar-refractivity contribution in [1.29, 1.82) is 0 Å². The zero-order valence-electron chi connectivity index (χ0n) is 25.3. The van der Waals surface area contributed by atoms with Crippen molar-refractivity contribution in [2.45, 2.75) is 128 Å². The van der Waals surface area contributed by atoms with Crippen LogP contribution in [0.3, 0.4) is 0 Å². The average molecular weight is 590 g/mol. The van der Waals surface area contributed by atoms with Gasteiger partial charge in [-0.15, -0.1) is 0 Å². The number of rotatable bonds is 23. The Morgan fingerprint density at radius 3 is 2.12 bits per heavy atom. The fraction of sp³-hybridized carbons (Fsp3) is 0.688. The summed E-state index contributed by atoms with van der Waals surface area (Å²) in [5.74, 6) is -1.97. The molecule has 0 saturated carbocycles. The van der Waals surface area contributed by atoms with Gasteiger partial charge in [0, 0.05) is 13.0 Å². The van der Waals surface area contributed by atoms with E-state index in [0.717, 1.165) is 24.3 Å². The number of benzene rings is 1. The molecule has 2 atom stereocenters. The lowest BCUT2D eigenvalue weighted by Gasteiger charge is -2.17. The quantitative estimate of drug-likeness (QED) is 0.0697. The fourth-order valence-corrected chi connectivity index (χ4v) is 4.99. The van der Waals surface area contributed by atoms with Crippen LogP contribution in [0.5, 0.6) is 5.75 Å². The third-order valence-electron chi connectivity index (χ3n) is 7.60. The highest BCUT2D eigenvalue weighted by molar-refractivity contribution is 6.00. The summed E-state index contributed by atoms with van der Waals surface area (Å²) in [6.45, 7) is 2.30. The van der Waals surface area contributed by atoms with Gasteiger partial charge >= 0.3 is 5.97 Å². The summed E-state index contributed by atoms with van der Waals surface area (Å²) in [6.07, 6.45) is 17.2. The monoisotopic (exact) mass is 589 g/mol. The Hall–Kier alpha value is -3.14. The van der Waals surface area contributed by atoms with Gasteiger partial charge in [0.15, 0.2) is 6.04 Å². The van der Waals surface area contributed by atoms with Crippen molar-refractivity contribution in [3.8, 4) is 5.75 Å². The zero-order valence-corrected chi connectivity index (χ0v) is 25.3. The van der Waals surface area contributed by atoms with Crippen LogP contribution in [0.4, 0.5) is 0 Å². The topological polar surface area (TPSA) is 149 Å². The summed E-state index contributed by atoms with van der Waals surface area (Å²) in [6, 6.07) is 4.41. The third-order valence-corrected chi connectivity index (χ3v) is 7.60. The van der Waals surface area contributed by atoms with Gasteiger partial charge < -0.3 is 20.3 Å². The second kappa shape index (κ2) is 20.7. The predicted molar refractivity (Wildman–Crippen MR) is 162 cm³/mol. The highest BCUT2D eigenvalue weighted by Crippen LogP contribution is 2.21. The number of amides is 2. The molecule has 1 aliphatic rings. The van der Waals surface area contributed by atoms with Gasteiger partial charge in [-0.2, -0.15) is 0 Å². The number of phenolic OH excluding ortho intramolecular Hbond substituents is 1. The fourth-order valence-electron chi connectivity index (χ4n) is 4.99. The molecule has 1 aromatic carbocycles. The molecular weight excluding hydrogens is 538 g/mol. The molecule has 10 nitrogen and oxygen atoms in total. The number of hydrogen-bond donors (Lipinski definition) is 4. The molecule has 0 spiro atoms. The largest absolute Gasteiger partial charge is 0.507 e. The van der Waals surface area contributed by atoms with E-state index < -0.39 is 24.0 Å². The Balaban J connectivity index is 1.54. The van der Waals surface area contributed by atoms with Gasteiger partial charge in [-0.3, -0.25) is 14.8 Å². The van der Waals surface area contributed by atoms with Crippen LogP contribution < -0.4 is 5.32 Å². The van der Waals surface area contributed by atoms with E-state index in [-0.39, 0.29) is 37.1 Å². The normalized spacial score (nSPS) is 15.1. The maximum atomic E-state index is 12.6. The Labute approximate surface area is 250 Å². The summed E-state index contributed by atoms with van der Waals surface area (Å²) in [4.78, 5) is 40.7. The molecule has 10 heteroatoms. The van der Waals surface area contributed by atoms with Crippen molar-refractivity contribution in [3.63, 3.8) is 0 Å². The van der Waals surface area contributed by atoms with Crippen molar-refractivity contribution < 1.29 is 34.5 Å². The number of carboxylic acids is 1. The predicted octanol–water partition coefficient (Wildman–Crippen LogP) is 5.98. The SMILES string of the molecule is CCCCCCCCCCCCCCCC(=O)N(O)CCCC[C@H](NC(=O)[C@@H]1COC(c2ccccc2O)=N1)C(=O)O. The van der Waals surface area contributed by atoms with E-state index in [4.69, 9.17) is 4.74 Å².